The van der Waals surface area contributed by atoms with Crippen LogP contribution in [0.5, 0.6) is 0 Å². The zero-order valence-electron chi connectivity index (χ0n) is 16.3. The molecule has 7 heteroatoms. The normalized spacial score (nSPS) is 17.8. The highest BCUT2D eigenvalue weighted by atomic mass is 16.5. The van der Waals surface area contributed by atoms with Crippen molar-refractivity contribution in [2.45, 2.75) is 39.0 Å². The molecule has 0 spiro atoms. The van der Waals surface area contributed by atoms with Gasteiger partial charge in [0.2, 0.25) is 0 Å². The lowest BCUT2D eigenvalue weighted by molar-refractivity contribution is 0.0914. The third-order valence-corrected chi connectivity index (χ3v) is 4.68. The molecule has 28 heavy (non-hydrogen) atoms. The predicted octanol–water partition coefficient (Wildman–Crippen LogP) is 1.47. The molecule has 7 nitrogen and oxygen atoms in total. The van der Waals surface area contributed by atoms with Crippen molar-refractivity contribution in [3.8, 4) is 0 Å². The number of rotatable bonds is 7. The van der Waals surface area contributed by atoms with Gasteiger partial charge >= 0.3 is 0 Å². The molecule has 1 aliphatic rings. The number of aryl methyl sites for hydroxylation is 1. The Labute approximate surface area is 163 Å². The second-order valence-electron chi connectivity index (χ2n) is 6.95. The van der Waals surface area contributed by atoms with E-state index in [1.165, 1.54) is 23.9 Å². The minimum absolute atomic E-state index is 0.0329. The van der Waals surface area contributed by atoms with E-state index in [2.05, 4.69) is 10.6 Å². The van der Waals surface area contributed by atoms with Gasteiger partial charge in [-0.25, -0.2) is 0 Å². The second-order valence-corrected chi connectivity index (χ2v) is 6.95. The fourth-order valence-corrected chi connectivity index (χ4v) is 3.16. The fraction of sp³-hybridized carbons (Fsp3) is 0.381. The Hall–Kier alpha value is -2.93. The quantitative estimate of drug-likeness (QED) is 0.758. The van der Waals surface area contributed by atoms with E-state index < -0.39 is 11.5 Å². The minimum Gasteiger partial charge on any atom is -0.376 e. The first kappa shape index (κ1) is 19.8. The molecular formula is C21H25N3O4. The maximum atomic E-state index is 12.8. The molecule has 0 unspecified atom stereocenters. The summed E-state index contributed by atoms with van der Waals surface area (Å²) in [5.74, 6) is -0.841. The van der Waals surface area contributed by atoms with E-state index in [4.69, 9.17) is 4.74 Å². The van der Waals surface area contributed by atoms with Crippen LogP contribution in [0.4, 0.5) is 0 Å². The van der Waals surface area contributed by atoms with Gasteiger partial charge < -0.3 is 19.9 Å². The first-order chi connectivity index (χ1) is 13.4. The molecule has 1 saturated carbocycles. The van der Waals surface area contributed by atoms with Crippen LogP contribution < -0.4 is 16.2 Å². The summed E-state index contributed by atoms with van der Waals surface area (Å²) >= 11 is 0. The molecule has 1 heterocycles. The van der Waals surface area contributed by atoms with E-state index >= 15 is 0 Å². The van der Waals surface area contributed by atoms with E-state index in [0.717, 1.165) is 17.5 Å². The van der Waals surface area contributed by atoms with Crippen molar-refractivity contribution in [3.63, 3.8) is 0 Å². The van der Waals surface area contributed by atoms with E-state index in [1.807, 2.05) is 38.1 Å². The van der Waals surface area contributed by atoms with Gasteiger partial charge in [-0.3, -0.25) is 14.4 Å². The smallest absolute Gasteiger partial charge is 0.263 e. The summed E-state index contributed by atoms with van der Waals surface area (Å²) < 4.78 is 6.88. The van der Waals surface area contributed by atoms with E-state index in [-0.39, 0.29) is 35.7 Å². The zero-order chi connectivity index (χ0) is 20.3. The van der Waals surface area contributed by atoms with Gasteiger partial charge in [-0.2, -0.15) is 0 Å². The summed E-state index contributed by atoms with van der Waals surface area (Å²) in [6.07, 6.45) is 2.31. The minimum atomic E-state index is -0.517. The van der Waals surface area contributed by atoms with Crippen molar-refractivity contribution in [3.05, 3.63) is 69.1 Å². The number of hydrogen-bond donors (Lipinski definition) is 2. The van der Waals surface area contributed by atoms with Crippen molar-refractivity contribution in [1.82, 2.24) is 15.2 Å². The molecule has 1 aromatic carbocycles. The van der Waals surface area contributed by atoms with Crippen LogP contribution in [0.1, 0.15) is 45.2 Å². The van der Waals surface area contributed by atoms with Gasteiger partial charge in [0.15, 0.2) is 0 Å². The second kappa shape index (κ2) is 8.39. The summed E-state index contributed by atoms with van der Waals surface area (Å²) in [7, 11) is 1.45. The van der Waals surface area contributed by atoms with E-state index in [0.29, 0.717) is 6.61 Å². The average molecular weight is 383 g/mol. The van der Waals surface area contributed by atoms with E-state index in [1.54, 1.807) is 0 Å². The fourth-order valence-electron chi connectivity index (χ4n) is 3.16. The number of nitrogens with zero attached hydrogens (tertiary/aromatic N) is 1. The Bertz CT molecular complexity index is 951. The molecule has 0 radical (unpaired) electrons. The SMILES string of the molecule is CCO[C@H]1C[C@@H]1NC(=O)c1cc(C(=O)NC)c(=O)n(Cc2cccc(C)c2)c1. The number of aromatic nitrogens is 1. The van der Waals surface area contributed by atoms with Crippen LogP contribution in [0, 0.1) is 6.92 Å². The molecule has 0 saturated heterocycles. The molecule has 1 fully saturated rings. The number of benzene rings is 1. The van der Waals surface area contributed by atoms with Crippen molar-refractivity contribution in [1.29, 1.82) is 0 Å². The topological polar surface area (TPSA) is 89.4 Å². The van der Waals surface area contributed by atoms with Gasteiger partial charge in [-0.05, 0) is 31.9 Å². The van der Waals surface area contributed by atoms with Crippen molar-refractivity contribution in [2.24, 2.45) is 0 Å². The van der Waals surface area contributed by atoms with E-state index in [9.17, 15) is 14.4 Å². The van der Waals surface area contributed by atoms with Crippen LogP contribution in [0.15, 0.2) is 41.3 Å². The maximum absolute atomic E-state index is 12.8. The van der Waals surface area contributed by atoms with Gasteiger partial charge in [0.1, 0.15) is 5.56 Å². The Kier molecular flexibility index (Phi) is 5.94. The number of nitrogens with one attached hydrogen (secondary N) is 2. The number of pyridine rings is 1. The molecular weight excluding hydrogens is 358 g/mol. The van der Waals surface area contributed by atoms with Gasteiger partial charge in [-0.1, -0.05) is 29.8 Å². The number of carbonyl (C=O) groups is 2. The van der Waals surface area contributed by atoms with Crippen molar-refractivity contribution < 1.29 is 14.3 Å². The summed E-state index contributed by atoms with van der Waals surface area (Å²) in [5.41, 5.74) is 1.77. The zero-order valence-corrected chi connectivity index (χ0v) is 16.3. The molecule has 2 atom stereocenters. The Morgan fingerprint density at radius 1 is 1.25 bits per heavy atom. The summed E-state index contributed by atoms with van der Waals surface area (Å²) in [6, 6.07) is 9.07. The lowest BCUT2D eigenvalue weighted by Gasteiger charge is -2.12. The molecule has 1 aromatic heterocycles. The lowest BCUT2D eigenvalue weighted by atomic mass is 10.1. The summed E-state index contributed by atoms with van der Waals surface area (Å²) in [5, 5.41) is 5.36. The summed E-state index contributed by atoms with van der Waals surface area (Å²) in [6.45, 7) is 4.75. The lowest BCUT2D eigenvalue weighted by Crippen LogP contribution is -2.35. The predicted molar refractivity (Wildman–Crippen MR) is 106 cm³/mol. The molecule has 2 N–H and O–H groups in total. The largest absolute Gasteiger partial charge is 0.376 e. The molecule has 0 bridgehead atoms. The Balaban J connectivity index is 1.90. The third kappa shape index (κ3) is 4.48. The average Bonchev–Trinajstić information content (AvgIpc) is 3.40. The Morgan fingerprint density at radius 3 is 2.71 bits per heavy atom. The molecule has 0 aliphatic heterocycles. The Morgan fingerprint density at radius 2 is 2.04 bits per heavy atom. The van der Waals surface area contributed by atoms with Crippen LogP contribution >= 0.6 is 0 Å². The maximum Gasteiger partial charge on any atom is 0.263 e. The van der Waals surface area contributed by atoms with Crippen LogP contribution in [0.3, 0.4) is 0 Å². The van der Waals surface area contributed by atoms with Crippen molar-refractivity contribution in [2.75, 3.05) is 13.7 Å². The number of amides is 2. The van der Waals surface area contributed by atoms with Gasteiger partial charge in [0, 0.05) is 19.9 Å². The van der Waals surface area contributed by atoms with Crippen LogP contribution in [-0.4, -0.2) is 42.2 Å². The van der Waals surface area contributed by atoms with Crippen LogP contribution in [0.25, 0.3) is 0 Å². The molecule has 1 aliphatic carbocycles. The van der Waals surface area contributed by atoms with Gasteiger partial charge in [0.05, 0.1) is 24.3 Å². The highest BCUT2D eigenvalue weighted by Gasteiger charge is 2.39. The number of ether oxygens (including phenoxy) is 1. The molecule has 3 rings (SSSR count). The number of hydrogen-bond acceptors (Lipinski definition) is 4. The van der Waals surface area contributed by atoms with Crippen molar-refractivity contribution >= 4 is 11.8 Å². The number of carbonyl (C=O) groups excluding carboxylic acids is 2. The van der Waals surface area contributed by atoms with Crippen LogP contribution in [0.2, 0.25) is 0 Å². The molecule has 2 aromatic rings. The first-order valence-electron chi connectivity index (χ1n) is 9.37. The van der Waals surface area contributed by atoms with Gasteiger partial charge in [-0.15, -0.1) is 0 Å². The standard InChI is InChI=1S/C21H25N3O4/c1-4-28-18-10-17(18)23-19(25)15-9-16(20(26)22-3)21(27)24(12-15)11-14-7-5-6-13(2)8-14/h5-9,12,17-18H,4,10-11H2,1-3H3,(H,22,26)(H,23,25)/t17-,18-/m0/s1. The molecule has 2 amide bonds. The highest BCUT2D eigenvalue weighted by molar-refractivity contribution is 5.99. The first-order valence-corrected chi connectivity index (χ1v) is 9.37. The van der Waals surface area contributed by atoms with Crippen LogP contribution in [-0.2, 0) is 11.3 Å². The summed E-state index contributed by atoms with van der Waals surface area (Å²) in [4.78, 5) is 37.6. The third-order valence-electron chi connectivity index (χ3n) is 4.68. The molecule has 148 valence electrons. The monoisotopic (exact) mass is 383 g/mol. The van der Waals surface area contributed by atoms with Gasteiger partial charge in [0.25, 0.3) is 17.4 Å². The highest BCUT2D eigenvalue weighted by Crippen LogP contribution is 2.25.